The lowest BCUT2D eigenvalue weighted by Crippen LogP contribution is -2.34. The lowest BCUT2D eigenvalue weighted by molar-refractivity contribution is -0.116. The summed E-state index contributed by atoms with van der Waals surface area (Å²) in [5.74, 6) is 0.310. The summed E-state index contributed by atoms with van der Waals surface area (Å²) in [6.45, 7) is 1.82. The summed E-state index contributed by atoms with van der Waals surface area (Å²) < 4.78 is 13.8. The number of nitrogens with zero attached hydrogens (tertiary/aromatic N) is 2. The zero-order chi connectivity index (χ0) is 17.1. The van der Waals surface area contributed by atoms with E-state index < -0.39 is 0 Å². The van der Waals surface area contributed by atoms with Gasteiger partial charge < -0.3 is 10.2 Å². The van der Waals surface area contributed by atoms with E-state index >= 15 is 0 Å². The van der Waals surface area contributed by atoms with Gasteiger partial charge >= 0.3 is 0 Å². The second kappa shape index (κ2) is 8.90. The fourth-order valence-electron chi connectivity index (χ4n) is 3.19. The highest BCUT2D eigenvalue weighted by atomic mass is 35.5. The van der Waals surface area contributed by atoms with Gasteiger partial charge in [-0.1, -0.05) is 30.7 Å². The number of benzene rings is 1. The third-order valence-electron chi connectivity index (χ3n) is 4.69. The van der Waals surface area contributed by atoms with E-state index in [1.54, 1.807) is 23.9 Å². The van der Waals surface area contributed by atoms with Gasteiger partial charge in [0.25, 0.3) is 0 Å². The number of amidine groups is 1. The molecule has 0 aromatic heterocycles. The Morgan fingerprint density at radius 2 is 2.12 bits per heavy atom. The molecule has 1 unspecified atom stereocenters. The number of thioether (sulfide) groups is 1. The smallest absolute Gasteiger partial charge is 0.226 e. The first-order chi connectivity index (χ1) is 11.5. The number of halogens is 2. The van der Waals surface area contributed by atoms with Gasteiger partial charge in [0.15, 0.2) is 5.17 Å². The Kier molecular flexibility index (Phi) is 7.14. The number of aliphatic imine (C=N–C) groups is 1. The molecule has 138 valence electrons. The topological polar surface area (TPSA) is 44.7 Å². The molecule has 1 N–H and O–H groups in total. The van der Waals surface area contributed by atoms with Crippen molar-refractivity contribution >= 4 is 40.9 Å². The van der Waals surface area contributed by atoms with E-state index in [0.29, 0.717) is 12.5 Å². The minimum absolute atomic E-state index is 0. The minimum Gasteiger partial charge on any atom is -0.350 e. The Morgan fingerprint density at radius 3 is 2.80 bits per heavy atom. The number of carbonyl (C=O) groups is 1. The number of hydrogen-bond donors (Lipinski definition) is 1. The molecule has 2 fully saturated rings. The van der Waals surface area contributed by atoms with Crippen molar-refractivity contribution in [2.45, 2.75) is 51.1 Å². The number of aryl methyl sites for hydroxylation is 1. The molecular weight excluding hydrogens is 361 g/mol. The van der Waals surface area contributed by atoms with Crippen molar-refractivity contribution in [3.05, 3.63) is 29.6 Å². The number of nitrogens with one attached hydrogen (secondary N) is 1. The summed E-state index contributed by atoms with van der Waals surface area (Å²) in [6.07, 6.45) is 5.24. The van der Waals surface area contributed by atoms with Crippen molar-refractivity contribution in [3.8, 4) is 0 Å². The van der Waals surface area contributed by atoms with Crippen molar-refractivity contribution < 1.29 is 9.18 Å². The van der Waals surface area contributed by atoms with Crippen LogP contribution in [-0.4, -0.2) is 40.9 Å². The van der Waals surface area contributed by atoms with E-state index in [4.69, 9.17) is 4.99 Å². The van der Waals surface area contributed by atoms with E-state index in [9.17, 15) is 9.18 Å². The van der Waals surface area contributed by atoms with Crippen LogP contribution in [0, 0.1) is 12.7 Å². The van der Waals surface area contributed by atoms with E-state index in [0.717, 1.165) is 16.5 Å². The highest BCUT2D eigenvalue weighted by Gasteiger charge is 2.30. The van der Waals surface area contributed by atoms with Crippen LogP contribution in [0.3, 0.4) is 0 Å². The molecule has 1 aromatic carbocycles. The van der Waals surface area contributed by atoms with Crippen molar-refractivity contribution in [2.75, 3.05) is 18.1 Å². The lowest BCUT2D eigenvalue weighted by Gasteiger charge is -2.21. The SMILES string of the molecule is Cc1ccc(NC(=O)CC2CSC(=NC3CCCC3)N2C)c(F)c1.Cl. The van der Waals surface area contributed by atoms with Crippen LogP contribution in [0.25, 0.3) is 0 Å². The number of anilines is 1. The molecule has 1 heterocycles. The zero-order valence-corrected chi connectivity index (χ0v) is 16.3. The molecule has 1 aromatic rings. The highest BCUT2D eigenvalue weighted by molar-refractivity contribution is 8.14. The van der Waals surface area contributed by atoms with Crippen molar-refractivity contribution in [1.82, 2.24) is 4.90 Å². The molecule has 25 heavy (non-hydrogen) atoms. The summed E-state index contributed by atoms with van der Waals surface area (Å²) in [5.41, 5.74) is 1.09. The van der Waals surface area contributed by atoms with Crippen LogP contribution in [0.15, 0.2) is 23.2 Å². The second-order valence-electron chi connectivity index (χ2n) is 6.66. The van der Waals surface area contributed by atoms with Crippen molar-refractivity contribution in [2.24, 2.45) is 4.99 Å². The van der Waals surface area contributed by atoms with Crippen LogP contribution in [0.5, 0.6) is 0 Å². The maximum Gasteiger partial charge on any atom is 0.226 e. The van der Waals surface area contributed by atoms with Crippen LogP contribution >= 0.6 is 24.2 Å². The lowest BCUT2D eigenvalue weighted by atomic mass is 10.2. The summed E-state index contributed by atoms with van der Waals surface area (Å²) in [7, 11) is 2.00. The standard InChI is InChI=1S/C18H24FN3OS.ClH/c1-12-7-8-16(15(19)9-12)21-17(23)10-14-11-24-18(22(14)2)20-13-5-3-4-6-13;/h7-9,13-14H,3-6,10-11H2,1-2H3,(H,21,23);1H. The second-order valence-corrected chi connectivity index (χ2v) is 7.65. The molecule has 7 heteroatoms. The molecular formula is C18H25ClFN3OS. The van der Waals surface area contributed by atoms with Crippen LogP contribution in [0.2, 0.25) is 0 Å². The van der Waals surface area contributed by atoms with E-state index in [2.05, 4.69) is 10.2 Å². The first-order valence-corrected chi connectivity index (χ1v) is 9.51. The predicted octanol–water partition coefficient (Wildman–Crippen LogP) is 4.23. The molecule has 1 atom stereocenters. The molecule has 1 aliphatic heterocycles. The van der Waals surface area contributed by atoms with Gasteiger partial charge in [0.05, 0.1) is 11.7 Å². The van der Waals surface area contributed by atoms with Gasteiger partial charge in [0, 0.05) is 25.3 Å². The molecule has 3 rings (SSSR count). The fraction of sp³-hybridized carbons (Fsp3) is 0.556. The average Bonchev–Trinajstić information content (AvgIpc) is 3.16. The van der Waals surface area contributed by atoms with Gasteiger partial charge in [-0.05, 0) is 37.5 Å². The monoisotopic (exact) mass is 385 g/mol. The van der Waals surface area contributed by atoms with Gasteiger partial charge in [-0.15, -0.1) is 12.4 Å². The number of carbonyl (C=O) groups excluding carboxylic acids is 1. The predicted molar refractivity (Wildman–Crippen MR) is 105 cm³/mol. The molecule has 1 aliphatic carbocycles. The van der Waals surface area contributed by atoms with Crippen LogP contribution in [0.1, 0.15) is 37.7 Å². The van der Waals surface area contributed by atoms with Gasteiger partial charge in [0.1, 0.15) is 5.82 Å². The van der Waals surface area contributed by atoms with Gasteiger partial charge in [-0.3, -0.25) is 9.79 Å². The molecule has 4 nitrogen and oxygen atoms in total. The molecule has 1 saturated heterocycles. The minimum atomic E-state index is -0.388. The van der Waals surface area contributed by atoms with E-state index in [-0.39, 0.29) is 35.9 Å². The summed E-state index contributed by atoms with van der Waals surface area (Å²) in [6, 6.07) is 5.40. The largest absolute Gasteiger partial charge is 0.350 e. The Balaban J connectivity index is 0.00000225. The maximum absolute atomic E-state index is 13.8. The van der Waals surface area contributed by atoms with Crippen molar-refractivity contribution in [1.29, 1.82) is 0 Å². The van der Waals surface area contributed by atoms with Crippen LogP contribution < -0.4 is 5.32 Å². The molecule has 0 radical (unpaired) electrons. The normalized spacial score (nSPS) is 22.3. The maximum atomic E-state index is 13.8. The molecule has 1 amide bonds. The number of amides is 1. The summed E-state index contributed by atoms with van der Waals surface area (Å²) in [4.78, 5) is 19.2. The quantitative estimate of drug-likeness (QED) is 0.843. The summed E-state index contributed by atoms with van der Waals surface area (Å²) in [5, 5.41) is 3.73. The molecule has 0 spiro atoms. The van der Waals surface area contributed by atoms with Gasteiger partial charge in [0.2, 0.25) is 5.91 Å². The number of hydrogen-bond acceptors (Lipinski definition) is 3. The highest BCUT2D eigenvalue weighted by Crippen LogP contribution is 2.29. The Morgan fingerprint density at radius 1 is 1.40 bits per heavy atom. The number of rotatable bonds is 4. The first kappa shape index (κ1) is 20.0. The Bertz CT molecular complexity index is 649. The molecule has 1 saturated carbocycles. The van der Waals surface area contributed by atoms with E-state index in [1.807, 2.05) is 14.0 Å². The van der Waals surface area contributed by atoms with E-state index in [1.165, 1.54) is 31.7 Å². The fourth-order valence-corrected chi connectivity index (χ4v) is 4.45. The third-order valence-corrected chi connectivity index (χ3v) is 5.89. The Hall–Kier alpha value is -1.27. The van der Waals surface area contributed by atoms with Crippen LogP contribution in [-0.2, 0) is 4.79 Å². The molecule has 0 bridgehead atoms. The Labute approximate surface area is 159 Å². The third kappa shape index (κ3) is 5.11. The summed E-state index contributed by atoms with van der Waals surface area (Å²) >= 11 is 1.72. The molecule has 2 aliphatic rings. The first-order valence-electron chi connectivity index (χ1n) is 8.52. The van der Waals surface area contributed by atoms with Gasteiger partial charge in [-0.2, -0.15) is 0 Å². The zero-order valence-electron chi connectivity index (χ0n) is 14.6. The van der Waals surface area contributed by atoms with Crippen molar-refractivity contribution in [3.63, 3.8) is 0 Å². The van der Waals surface area contributed by atoms with Crippen LogP contribution in [0.4, 0.5) is 10.1 Å². The average molecular weight is 386 g/mol. The van der Waals surface area contributed by atoms with Gasteiger partial charge in [-0.25, -0.2) is 4.39 Å².